The van der Waals surface area contributed by atoms with Crippen molar-refractivity contribution in [3.05, 3.63) is 93.0 Å². The molecule has 0 aromatic heterocycles. The lowest BCUT2D eigenvalue weighted by atomic mass is 9.80. The minimum Gasteiger partial charge on any atom is -0.457 e. The predicted octanol–water partition coefficient (Wildman–Crippen LogP) is 5.74. The lowest BCUT2D eigenvalue weighted by Crippen LogP contribution is -2.14. The summed E-state index contributed by atoms with van der Waals surface area (Å²) < 4.78 is 6.06. The summed E-state index contributed by atoms with van der Waals surface area (Å²) in [5.74, 6) is 1.56. The molecule has 0 unspecified atom stereocenters. The first-order valence-electron chi connectivity index (χ1n) is 7.72. The number of ether oxygens (including phenoxy) is 1. The van der Waals surface area contributed by atoms with Gasteiger partial charge in [0.05, 0.1) is 0 Å². The van der Waals surface area contributed by atoms with Gasteiger partial charge in [-0.3, -0.25) is 0 Å². The van der Waals surface area contributed by atoms with Gasteiger partial charge in [-0.25, -0.2) is 0 Å². The lowest BCUT2D eigenvalue weighted by Gasteiger charge is -2.30. The second-order valence-electron chi connectivity index (χ2n) is 5.80. The van der Waals surface area contributed by atoms with Gasteiger partial charge in [-0.2, -0.15) is 0 Å². The van der Waals surface area contributed by atoms with Gasteiger partial charge in [-0.05, 0) is 35.4 Å². The third-order valence-corrected chi connectivity index (χ3v) is 4.85. The quantitative estimate of drug-likeness (QED) is 0.497. The Morgan fingerprint density at radius 3 is 1.96 bits per heavy atom. The summed E-state index contributed by atoms with van der Waals surface area (Å²) in [5.41, 5.74) is 10.4. The van der Waals surface area contributed by atoms with E-state index in [0.717, 1.165) is 28.2 Å². The van der Waals surface area contributed by atoms with Gasteiger partial charge in [0.15, 0.2) is 0 Å². The largest absolute Gasteiger partial charge is 0.457 e. The highest BCUT2D eigenvalue weighted by Crippen LogP contribution is 2.49. The second kappa shape index (κ2) is 6.14. The smallest absolute Gasteiger partial charge is 0.133 e. The fourth-order valence-corrected chi connectivity index (χ4v) is 3.62. The standard InChI is InChI=1S/C20H15Cl2NO/c21-13-5-7-16-18(9-13)24-19-10-14(22)6-8-17(19)20(16)15-4-2-1-3-12(15)11-23/h1-10,20H,11,23H2. The first kappa shape index (κ1) is 15.5. The minimum atomic E-state index is 0.0398. The summed E-state index contributed by atoms with van der Waals surface area (Å²) in [5, 5.41) is 1.29. The van der Waals surface area contributed by atoms with Gasteiger partial charge in [-0.15, -0.1) is 0 Å². The number of nitrogens with two attached hydrogens (primary N) is 1. The monoisotopic (exact) mass is 355 g/mol. The molecule has 4 rings (SSSR count). The first-order valence-corrected chi connectivity index (χ1v) is 8.47. The van der Waals surface area contributed by atoms with Crippen LogP contribution in [0.3, 0.4) is 0 Å². The Kier molecular flexibility index (Phi) is 3.97. The summed E-state index contributed by atoms with van der Waals surface area (Å²) in [7, 11) is 0. The predicted molar refractivity (Wildman–Crippen MR) is 98.3 cm³/mol. The maximum Gasteiger partial charge on any atom is 0.133 e. The van der Waals surface area contributed by atoms with E-state index in [1.54, 1.807) is 0 Å². The van der Waals surface area contributed by atoms with Crippen LogP contribution < -0.4 is 10.5 Å². The number of rotatable bonds is 2. The van der Waals surface area contributed by atoms with Gasteiger partial charge in [0.25, 0.3) is 0 Å². The molecule has 120 valence electrons. The molecule has 0 fully saturated rings. The van der Waals surface area contributed by atoms with Crippen molar-refractivity contribution in [2.24, 2.45) is 5.73 Å². The van der Waals surface area contributed by atoms with E-state index in [-0.39, 0.29) is 5.92 Å². The van der Waals surface area contributed by atoms with Crippen molar-refractivity contribution in [1.29, 1.82) is 0 Å². The maximum atomic E-state index is 6.16. The lowest BCUT2D eigenvalue weighted by molar-refractivity contribution is 0.452. The average Bonchev–Trinajstić information content (AvgIpc) is 2.59. The second-order valence-corrected chi connectivity index (χ2v) is 6.68. The van der Waals surface area contributed by atoms with Crippen LogP contribution in [0.4, 0.5) is 0 Å². The van der Waals surface area contributed by atoms with E-state index in [9.17, 15) is 0 Å². The molecule has 0 atom stereocenters. The van der Waals surface area contributed by atoms with Crippen LogP contribution in [0.1, 0.15) is 28.2 Å². The topological polar surface area (TPSA) is 35.2 Å². The van der Waals surface area contributed by atoms with Crippen LogP contribution in [0.2, 0.25) is 10.0 Å². The van der Waals surface area contributed by atoms with E-state index in [1.807, 2.05) is 48.5 Å². The van der Waals surface area contributed by atoms with E-state index in [1.165, 1.54) is 5.56 Å². The molecule has 3 aromatic rings. The van der Waals surface area contributed by atoms with Crippen molar-refractivity contribution in [1.82, 2.24) is 0 Å². The SMILES string of the molecule is NCc1ccccc1C1c2ccc(Cl)cc2Oc2cc(Cl)ccc21. The zero-order valence-electron chi connectivity index (χ0n) is 12.8. The summed E-state index contributed by atoms with van der Waals surface area (Å²) in [6.45, 7) is 0.485. The Hall–Kier alpha value is -2.00. The van der Waals surface area contributed by atoms with E-state index in [0.29, 0.717) is 16.6 Å². The third kappa shape index (κ3) is 2.57. The van der Waals surface area contributed by atoms with Crippen LogP contribution in [0, 0.1) is 0 Å². The van der Waals surface area contributed by atoms with Gasteiger partial charge in [0, 0.05) is 33.6 Å². The zero-order valence-corrected chi connectivity index (χ0v) is 14.3. The Morgan fingerprint density at radius 2 is 1.38 bits per heavy atom. The maximum absolute atomic E-state index is 6.16. The molecule has 0 saturated carbocycles. The van der Waals surface area contributed by atoms with Crippen molar-refractivity contribution in [3.63, 3.8) is 0 Å². The van der Waals surface area contributed by atoms with Crippen LogP contribution in [-0.2, 0) is 6.54 Å². The zero-order chi connectivity index (χ0) is 16.7. The fourth-order valence-electron chi connectivity index (χ4n) is 3.29. The molecule has 1 heterocycles. The van der Waals surface area contributed by atoms with Crippen LogP contribution in [0.5, 0.6) is 11.5 Å². The van der Waals surface area contributed by atoms with Gasteiger partial charge in [0.1, 0.15) is 11.5 Å². The normalized spacial score (nSPS) is 13.1. The van der Waals surface area contributed by atoms with Crippen molar-refractivity contribution in [3.8, 4) is 11.5 Å². The fraction of sp³-hybridized carbons (Fsp3) is 0.100. The van der Waals surface area contributed by atoms with Gasteiger partial charge >= 0.3 is 0 Å². The van der Waals surface area contributed by atoms with Gasteiger partial charge in [0.2, 0.25) is 0 Å². The Bertz CT molecular complexity index is 872. The van der Waals surface area contributed by atoms with Gasteiger partial charge < -0.3 is 10.5 Å². The van der Waals surface area contributed by atoms with Crippen molar-refractivity contribution >= 4 is 23.2 Å². The molecule has 0 aliphatic carbocycles. The molecule has 2 N–H and O–H groups in total. The summed E-state index contributed by atoms with van der Waals surface area (Å²) in [6.07, 6.45) is 0. The highest BCUT2D eigenvalue weighted by atomic mass is 35.5. The molecule has 1 aliphatic heterocycles. The summed E-state index contributed by atoms with van der Waals surface area (Å²) in [6, 6.07) is 19.8. The van der Waals surface area contributed by atoms with Crippen LogP contribution in [-0.4, -0.2) is 0 Å². The Balaban J connectivity index is 1.99. The molecule has 0 bridgehead atoms. The highest BCUT2D eigenvalue weighted by molar-refractivity contribution is 6.31. The molecule has 4 heteroatoms. The van der Waals surface area contributed by atoms with E-state index in [2.05, 4.69) is 12.1 Å². The molecule has 0 saturated heterocycles. The van der Waals surface area contributed by atoms with Crippen molar-refractivity contribution in [2.45, 2.75) is 12.5 Å². The molecule has 0 amide bonds. The molecular weight excluding hydrogens is 341 g/mol. The van der Waals surface area contributed by atoms with Crippen molar-refractivity contribution < 1.29 is 4.74 Å². The summed E-state index contributed by atoms with van der Waals surface area (Å²) >= 11 is 12.3. The van der Waals surface area contributed by atoms with Crippen LogP contribution in [0.15, 0.2) is 60.7 Å². The number of hydrogen-bond acceptors (Lipinski definition) is 2. The van der Waals surface area contributed by atoms with Crippen molar-refractivity contribution in [2.75, 3.05) is 0 Å². The molecule has 2 nitrogen and oxygen atoms in total. The number of halogens is 2. The first-order chi connectivity index (χ1) is 11.7. The number of benzene rings is 3. The molecule has 0 spiro atoms. The average molecular weight is 356 g/mol. The molecule has 0 radical (unpaired) electrons. The van der Waals surface area contributed by atoms with Gasteiger partial charge in [-0.1, -0.05) is 59.6 Å². The molecule has 24 heavy (non-hydrogen) atoms. The Morgan fingerprint density at radius 1 is 0.792 bits per heavy atom. The molecule has 3 aromatic carbocycles. The number of hydrogen-bond donors (Lipinski definition) is 1. The third-order valence-electron chi connectivity index (χ3n) is 4.38. The van der Waals surface area contributed by atoms with E-state index in [4.69, 9.17) is 33.7 Å². The highest BCUT2D eigenvalue weighted by Gasteiger charge is 2.30. The molecular formula is C20H15Cl2NO. The number of fused-ring (bicyclic) bond motifs is 2. The Labute approximate surface area is 150 Å². The minimum absolute atomic E-state index is 0.0398. The molecule has 1 aliphatic rings. The van der Waals surface area contributed by atoms with Crippen LogP contribution in [0.25, 0.3) is 0 Å². The summed E-state index contributed by atoms with van der Waals surface area (Å²) in [4.78, 5) is 0. The van der Waals surface area contributed by atoms with E-state index < -0.39 is 0 Å². The van der Waals surface area contributed by atoms with E-state index >= 15 is 0 Å². The van der Waals surface area contributed by atoms with Crippen LogP contribution >= 0.6 is 23.2 Å².